The minimum Gasteiger partial charge on any atom is -0.458 e. The molecular weight excluding hydrogens is 166 g/mol. The molecule has 0 aromatic heterocycles. The molecule has 0 aliphatic carbocycles. The average Bonchev–Trinajstić information content (AvgIpc) is 2.28. The summed E-state index contributed by atoms with van der Waals surface area (Å²) in [6, 6.07) is 0. The predicted molar refractivity (Wildman–Crippen MR) is 50.4 cm³/mol. The molecule has 0 aromatic carbocycles. The minimum atomic E-state index is -0.0856. The molecule has 1 aliphatic heterocycles. The summed E-state index contributed by atoms with van der Waals surface area (Å²) in [5.74, 6) is 0.408. The molecule has 0 N–H and O–H groups in total. The van der Waals surface area contributed by atoms with Crippen molar-refractivity contribution in [3.05, 3.63) is 36.4 Å². The van der Waals surface area contributed by atoms with Gasteiger partial charge in [-0.25, -0.2) is 4.58 Å². The quantitative estimate of drug-likeness (QED) is 0.470. The smallest absolute Gasteiger partial charge is 0.203 e. The van der Waals surface area contributed by atoms with E-state index < -0.39 is 0 Å². The number of Topliss-reactive ketones (excluding diaryl/α,β-unsaturated/α-hetero) is 1. The zero-order valence-corrected chi connectivity index (χ0v) is 7.78. The first-order valence-electron chi connectivity index (χ1n) is 3.92. The van der Waals surface area contributed by atoms with Crippen LogP contribution in [0.3, 0.4) is 0 Å². The summed E-state index contributed by atoms with van der Waals surface area (Å²) in [7, 11) is 1.87. The fourth-order valence-electron chi connectivity index (χ4n) is 0.819. The van der Waals surface area contributed by atoms with Gasteiger partial charge in [-0.3, -0.25) is 4.79 Å². The van der Waals surface area contributed by atoms with E-state index in [1.54, 1.807) is 18.5 Å². The lowest BCUT2D eigenvalue weighted by molar-refractivity contribution is -0.416. The van der Waals surface area contributed by atoms with Gasteiger partial charge in [-0.1, -0.05) is 6.58 Å². The van der Waals surface area contributed by atoms with Gasteiger partial charge in [0.2, 0.25) is 6.20 Å². The predicted octanol–water partition coefficient (Wildman–Crippen LogP) is 1.23. The van der Waals surface area contributed by atoms with Crippen molar-refractivity contribution in [1.29, 1.82) is 0 Å². The summed E-state index contributed by atoms with van der Waals surface area (Å²) < 4.78 is 7.00. The Labute approximate surface area is 77.3 Å². The number of ketones is 1. The average molecular weight is 178 g/mol. The highest BCUT2D eigenvalue weighted by molar-refractivity contribution is 5.97. The van der Waals surface area contributed by atoms with E-state index in [0.29, 0.717) is 11.3 Å². The standard InChI is InChI=1S/C10H12NO2/c1-8(9(2)12)10-4-5-11(3)6-7-13-10/h4-7H,1H2,2-3H3/q+1. The van der Waals surface area contributed by atoms with Gasteiger partial charge >= 0.3 is 0 Å². The number of rotatable bonds is 2. The molecule has 0 aromatic rings. The Morgan fingerprint density at radius 3 is 2.92 bits per heavy atom. The van der Waals surface area contributed by atoms with Gasteiger partial charge in [0.25, 0.3) is 0 Å². The Morgan fingerprint density at radius 2 is 2.31 bits per heavy atom. The van der Waals surface area contributed by atoms with Crippen LogP contribution >= 0.6 is 0 Å². The van der Waals surface area contributed by atoms with Crippen molar-refractivity contribution >= 4 is 12.0 Å². The number of allylic oxidation sites excluding steroid dienone is 2. The van der Waals surface area contributed by atoms with Crippen molar-refractivity contribution in [2.24, 2.45) is 0 Å². The monoisotopic (exact) mass is 178 g/mol. The normalized spacial score (nSPS) is 15.2. The third kappa shape index (κ3) is 2.40. The first-order chi connectivity index (χ1) is 6.11. The maximum atomic E-state index is 11.0. The second-order valence-electron chi connectivity index (χ2n) is 2.78. The van der Waals surface area contributed by atoms with Crippen molar-refractivity contribution in [3.63, 3.8) is 0 Å². The topological polar surface area (TPSA) is 29.3 Å². The van der Waals surface area contributed by atoms with E-state index in [2.05, 4.69) is 6.58 Å². The summed E-state index contributed by atoms with van der Waals surface area (Å²) in [6.07, 6.45) is 6.77. The number of carbonyl (C=O) groups is 1. The van der Waals surface area contributed by atoms with E-state index in [1.807, 2.05) is 11.6 Å². The van der Waals surface area contributed by atoms with Crippen molar-refractivity contribution in [3.8, 4) is 0 Å². The van der Waals surface area contributed by atoms with Crippen molar-refractivity contribution in [2.45, 2.75) is 6.92 Å². The van der Waals surface area contributed by atoms with Crippen molar-refractivity contribution in [1.82, 2.24) is 0 Å². The summed E-state index contributed by atoms with van der Waals surface area (Å²) in [4.78, 5) is 11.0. The first kappa shape index (κ1) is 9.45. The highest BCUT2D eigenvalue weighted by atomic mass is 16.5. The third-order valence-electron chi connectivity index (χ3n) is 1.67. The van der Waals surface area contributed by atoms with E-state index in [0.717, 1.165) is 0 Å². The molecule has 0 atom stereocenters. The van der Waals surface area contributed by atoms with Crippen LogP contribution < -0.4 is 0 Å². The van der Waals surface area contributed by atoms with Gasteiger partial charge in [0.1, 0.15) is 12.8 Å². The van der Waals surface area contributed by atoms with Crippen LogP contribution in [0.15, 0.2) is 36.4 Å². The van der Waals surface area contributed by atoms with Gasteiger partial charge in [0.05, 0.1) is 5.57 Å². The molecule has 1 rings (SSSR count). The highest BCUT2D eigenvalue weighted by Gasteiger charge is 2.10. The van der Waals surface area contributed by atoms with Crippen LogP contribution in [0.25, 0.3) is 0 Å². The van der Waals surface area contributed by atoms with E-state index in [1.165, 1.54) is 13.2 Å². The molecule has 68 valence electrons. The van der Waals surface area contributed by atoms with Crippen LogP contribution in [0.4, 0.5) is 0 Å². The van der Waals surface area contributed by atoms with Crippen LogP contribution in [0.2, 0.25) is 0 Å². The number of hydrogen-bond donors (Lipinski definition) is 0. The second kappa shape index (κ2) is 3.85. The molecular formula is C10H12NO2+. The largest absolute Gasteiger partial charge is 0.458 e. The molecule has 0 saturated heterocycles. The SMILES string of the molecule is C=C(C(C)=O)C1=CC=[N+](C)C=CO1. The maximum absolute atomic E-state index is 11.0. The lowest BCUT2D eigenvalue weighted by atomic mass is 10.2. The summed E-state index contributed by atoms with van der Waals surface area (Å²) in [6.45, 7) is 5.09. The molecule has 0 amide bonds. The Balaban J connectivity index is 2.89. The van der Waals surface area contributed by atoms with Crippen LogP contribution in [-0.2, 0) is 9.53 Å². The van der Waals surface area contributed by atoms with Gasteiger partial charge < -0.3 is 4.74 Å². The lowest BCUT2D eigenvalue weighted by Gasteiger charge is -2.02. The van der Waals surface area contributed by atoms with Crippen molar-refractivity contribution < 1.29 is 14.1 Å². The third-order valence-corrected chi connectivity index (χ3v) is 1.67. The van der Waals surface area contributed by atoms with Gasteiger partial charge in [-0.05, 0) is 6.92 Å². The Kier molecular flexibility index (Phi) is 2.80. The van der Waals surface area contributed by atoms with Gasteiger partial charge in [0, 0.05) is 6.08 Å². The molecule has 0 bridgehead atoms. The molecule has 0 fully saturated rings. The molecule has 0 radical (unpaired) electrons. The zero-order chi connectivity index (χ0) is 9.84. The maximum Gasteiger partial charge on any atom is 0.203 e. The molecule has 0 saturated carbocycles. The van der Waals surface area contributed by atoms with Crippen LogP contribution in [0, 0.1) is 0 Å². The van der Waals surface area contributed by atoms with E-state index in [4.69, 9.17) is 4.74 Å². The van der Waals surface area contributed by atoms with E-state index >= 15 is 0 Å². The second-order valence-corrected chi connectivity index (χ2v) is 2.78. The van der Waals surface area contributed by atoms with Gasteiger partial charge in [-0.15, -0.1) is 0 Å². The highest BCUT2D eigenvalue weighted by Crippen LogP contribution is 2.11. The first-order valence-corrected chi connectivity index (χ1v) is 3.92. The number of ether oxygens (including phenoxy) is 1. The number of carbonyl (C=O) groups excluding carboxylic acids is 1. The summed E-state index contributed by atoms with van der Waals surface area (Å²) in [5, 5.41) is 0. The summed E-state index contributed by atoms with van der Waals surface area (Å²) >= 11 is 0. The number of hydrogen-bond acceptors (Lipinski definition) is 2. The zero-order valence-electron chi connectivity index (χ0n) is 7.78. The van der Waals surface area contributed by atoms with Gasteiger partial charge in [-0.2, -0.15) is 0 Å². The molecule has 13 heavy (non-hydrogen) atoms. The Bertz CT molecular complexity index is 335. The Morgan fingerprint density at radius 1 is 1.62 bits per heavy atom. The van der Waals surface area contributed by atoms with Crippen molar-refractivity contribution in [2.75, 3.05) is 7.05 Å². The van der Waals surface area contributed by atoms with E-state index in [-0.39, 0.29) is 5.78 Å². The lowest BCUT2D eigenvalue weighted by Crippen LogP contribution is -2.00. The van der Waals surface area contributed by atoms with Crippen LogP contribution in [0.1, 0.15) is 6.92 Å². The molecule has 1 aliphatic rings. The fourth-order valence-corrected chi connectivity index (χ4v) is 0.819. The van der Waals surface area contributed by atoms with Crippen LogP contribution in [0.5, 0.6) is 0 Å². The van der Waals surface area contributed by atoms with Crippen LogP contribution in [-0.4, -0.2) is 23.6 Å². The summed E-state index contributed by atoms with van der Waals surface area (Å²) in [5.41, 5.74) is 0.385. The van der Waals surface area contributed by atoms with E-state index in [9.17, 15) is 4.79 Å². The number of nitrogens with zero attached hydrogens (tertiary/aromatic N) is 1. The molecule has 0 spiro atoms. The fraction of sp³-hybridized carbons (Fsp3) is 0.200. The molecule has 3 nitrogen and oxygen atoms in total. The minimum absolute atomic E-state index is 0.0856. The molecule has 0 unspecified atom stereocenters. The van der Waals surface area contributed by atoms with Gasteiger partial charge in [0.15, 0.2) is 18.3 Å². The Hall–Kier alpha value is -1.64. The molecule has 3 heteroatoms. The molecule has 1 heterocycles.